The van der Waals surface area contributed by atoms with Crippen molar-refractivity contribution < 1.29 is 22.8 Å². The standard InChI is InChI=1S/C14H16ClF3N6O2/c1-4-23-5-8(10(21-23)12(19)25)20-13(26)7(3)24-6(2)9(15)11(22-24)14(16,17)18/h5,7H,4H2,1-3H3,(H2,19,25)(H,20,26). The van der Waals surface area contributed by atoms with Crippen LogP contribution >= 0.6 is 11.6 Å². The Bertz CT molecular complexity index is 858. The average Bonchev–Trinajstić information content (AvgIpc) is 3.08. The van der Waals surface area contributed by atoms with Crippen molar-refractivity contribution in [2.75, 3.05) is 5.32 Å². The molecule has 0 bridgehead atoms. The highest BCUT2D eigenvalue weighted by Gasteiger charge is 2.39. The van der Waals surface area contributed by atoms with Gasteiger partial charge in [-0.15, -0.1) is 0 Å². The van der Waals surface area contributed by atoms with Crippen LogP contribution in [0.25, 0.3) is 0 Å². The van der Waals surface area contributed by atoms with Crippen molar-refractivity contribution in [3.05, 3.63) is 28.3 Å². The lowest BCUT2D eigenvalue weighted by molar-refractivity contribution is -0.141. The van der Waals surface area contributed by atoms with E-state index >= 15 is 0 Å². The molecule has 0 fully saturated rings. The van der Waals surface area contributed by atoms with E-state index in [0.29, 0.717) is 6.54 Å². The van der Waals surface area contributed by atoms with E-state index < -0.39 is 34.7 Å². The molecule has 0 radical (unpaired) electrons. The Morgan fingerprint density at radius 2 is 2.00 bits per heavy atom. The normalized spacial score (nSPS) is 12.9. The molecular weight excluding hydrogens is 377 g/mol. The number of halogens is 4. The molecule has 2 aromatic rings. The fourth-order valence-electron chi connectivity index (χ4n) is 2.26. The molecule has 142 valence electrons. The number of nitrogens with zero attached hydrogens (tertiary/aromatic N) is 4. The van der Waals surface area contributed by atoms with Gasteiger partial charge in [-0.3, -0.25) is 19.0 Å². The van der Waals surface area contributed by atoms with Crippen molar-refractivity contribution in [1.82, 2.24) is 19.6 Å². The number of rotatable bonds is 5. The van der Waals surface area contributed by atoms with E-state index in [1.165, 1.54) is 24.7 Å². The second-order valence-corrected chi connectivity index (χ2v) is 5.84. The fourth-order valence-corrected chi connectivity index (χ4v) is 2.49. The number of nitrogens with one attached hydrogen (secondary N) is 1. The predicted molar refractivity (Wildman–Crippen MR) is 86.7 cm³/mol. The van der Waals surface area contributed by atoms with Crippen LogP contribution in [0.1, 0.15) is 41.8 Å². The van der Waals surface area contributed by atoms with Gasteiger partial charge < -0.3 is 11.1 Å². The molecular formula is C14H16ClF3N6O2. The summed E-state index contributed by atoms with van der Waals surface area (Å²) in [6.07, 6.45) is -3.35. The summed E-state index contributed by atoms with van der Waals surface area (Å²) in [5.74, 6) is -1.56. The third-order valence-electron chi connectivity index (χ3n) is 3.67. The number of primary amides is 1. The monoisotopic (exact) mass is 392 g/mol. The van der Waals surface area contributed by atoms with Crippen LogP contribution in [-0.4, -0.2) is 31.4 Å². The summed E-state index contributed by atoms with van der Waals surface area (Å²) < 4.78 is 41.0. The summed E-state index contributed by atoms with van der Waals surface area (Å²) in [4.78, 5) is 23.8. The molecule has 2 aromatic heterocycles. The maximum absolute atomic E-state index is 12.9. The van der Waals surface area contributed by atoms with Gasteiger partial charge in [0.15, 0.2) is 11.4 Å². The summed E-state index contributed by atoms with van der Waals surface area (Å²) in [7, 11) is 0. The van der Waals surface area contributed by atoms with Gasteiger partial charge in [0.05, 0.1) is 16.4 Å². The van der Waals surface area contributed by atoms with Crippen LogP contribution < -0.4 is 11.1 Å². The van der Waals surface area contributed by atoms with Crippen molar-refractivity contribution in [3.63, 3.8) is 0 Å². The molecule has 12 heteroatoms. The van der Waals surface area contributed by atoms with Gasteiger partial charge in [-0.2, -0.15) is 23.4 Å². The summed E-state index contributed by atoms with van der Waals surface area (Å²) in [5.41, 5.74) is 3.84. The highest BCUT2D eigenvalue weighted by molar-refractivity contribution is 6.32. The Hall–Kier alpha value is -2.56. The molecule has 2 amide bonds. The topological polar surface area (TPSA) is 108 Å². The summed E-state index contributed by atoms with van der Waals surface area (Å²) in [6, 6.07) is -1.13. The minimum absolute atomic E-state index is 0.0129. The van der Waals surface area contributed by atoms with Crippen LogP contribution in [0, 0.1) is 6.92 Å². The van der Waals surface area contributed by atoms with Gasteiger partial charge in [0.2, 0.25) is 5.91 Å². The first-order valence-electron chi connectivity index (χ1n) is 7.47. The van der Waals surface area contributed by atoms with E-state index in [0.717, 1.165) is 4.68 Å². The van der Waals surface area contributed by atoms with E-state index in [4.69, 9.17) is 17.3 Å². The smallest absolute Gasteiger partial charge is 0.364 e. The summed E-state index contributed by atoms with van der Waals surface area (Å²) in [6.45, 7) is 4.85. The van der Waals surface area contributed by atoms with Gasteiger partial charge >= 0.3 is 6.18 Å². The number of amides is 2. The Labute approximate surface area is 151 Å². The van der Waals surface area contributed by atoms with Crippen molar-refractivity contribution in [2.24, 2.45) is 5.73 Å². The largest absolute Gasteiger partial charge is 0.436 e. The molecule has 0 aromatic carbocycles. The number of hydrogen-bond acceptors (Lipinski definition) is 4. The molecule has 0 saturated heterocycles. The molecule has 26 heavy (non-hydrogen) atoms. The van der Waals surface area contributed by atoms with Crippen molar-refractivity contribution in [2.45, 2.75) is 39.5 Å². The Morgan fingerprint density at radius 1 is 1.38 bits per heavy atom. The Kier molecular flexibility index (Phi) is 5.31. The maximum Gasteiger partial charge on any atom is 0.436 e. The van der Waals surface area contributed by atoms with Gasteiger partial charge in [0, 0.05) is 12.7 Å². The van der Waals surface area contributed by atoms with Crippen LogP contribution in [0.5, 0.6) is 0 Å². The second-order valence-electron chi connectivity index (χ2n) is 5.47. The van der Waals surface area contributed by atoms with Gasteiger partial charge in [-0.25, -0.2) is 0 Å². The quantitative estimate of drug-likeness (QED) is 0.814. The number of carbonyl (C=O) groups is 2. The molecule has 2 rings (SSSR count). The maximum atomic E-state index is 12.9. The lowest BCUT2D eigenvalue weighted by Gasteiger charge is -2.14. The fraction of sp³-hybridized carbons (Fsp3) is 0.429. The zero-order valence-electron chi connectivity index (χ0n) is 14.1. The van der Waals surface area contributed by atoms with Gasteiger partial charge in [0.1, 0.15) is 6.04 Å². The minimum atomic E-state index is -4.75. The van der Waals surface area contributed by atoms with Crippen molar-refractivity contribution in [1.29, 1.82) is 0 Å². The van der Waals surface area contributed by atoms with E-state index in [1.807, 2.05) is 0 Å². The second kappa shape index (κ2) is 6.98. The third-order valence-corrected chi connectivity index (χ3v) is 4.12. The number of aryl methyl sites for hydroxylation is 1. The molecule has 3 N–H and O–H groups in total. The zero-order chi connectivity index (χ0) is 19.8. The first-order valence-corrected chi connectivity index (χ1v) is 7.85. The molecule has 1 atom stereocenters. The Balaban J connectivity index is 2.32. The zero-order valence-corrected chi connectivity index (χ0v) is 14.8. The minimum Gasteiger partial charge on any atom is -0.364 e. The molecule has 0 spiro atoms. The van der Waals surface area contributed by atoms with E-state index in [1.54, 1.807) is 6.92 Å². The van der Waals surface area contributed by atoms with Crippen LogP contribution in [0.3, 0.4) is 0 Å². The molecule has 0 aliphatic heterocycles. The number of nitrogens with two attached hydrogens (primary N) is 1. The van der Waals surface area contributed by atoms with E-state index in [-0.39, 0.29) is 17.1 Å². The van der Waals surface area contributed by atoms with Crippen LogP contribution in [0.2, 0.25) is 5.02 Å². The summed E-state index contributed by atoms with van der Waals surface area (Å²) >= 11 is 5.69. The van der Waals surface area contributed by atoms with E-state index in [2.05, 4.69) is 15.5 Å². The highest BCUT2D eigenvalue weighted by atomic mass is 35.5. The number of anilines is 1. The highest BCUT2D eigenvalue weighted by Crippen LogP contribution is 2.36. The molecule has 0 aliphatic carbocycles. The average molecular weight is 393 g/mol. The molecule has 0 aliphatic rings. The van der Waals surface area contributed by atoms with Crippen LogP contribution in [0.4, 0.5) is 18.9 Å². The SMILES string of the molecule is CCn1cc(NC(=O)C(C)n2nc(C(F)(F)F)c(Cl)c2C)c(C(N)=O)n1. The molecule has 0 saturated carbocycles. The van der Waals surface area contributed by atoms with Gasteiger partial charge in [-0.05, 0) is 20.8 Å². The predicted octanol–water partition coefficient (Wildman–Crippen LogP) is 2.38. The van der Waals surface area contributed by atoms with Gasteiger partial charge in [0.25, 0.3) is 5.91 Å². The van der Waals surface area contributed by atoms with Crippen molar-refractivity contribution in [3.8, 4) is 0 Å². The van der Waals surface area contributed by atoms with Crippen LogP contribution in [0.15, 0.2) is 6.20 Å². The van der Waals surface area contributed by atoms with Crippen LogP contribution in [-0.2, 0) is 17.5 Å². The molecule has 8 nitrogen and oxygen atoms in total. The lowest BCUT2D eigenvalue weighted by atomic mass is 10.2. The Morgan fingerprint density at radius 3 is 2.46 bits per heavy atom. The molecule has 2 heterocycles. The van der Waals surface area contributed by atoms with E-state index in [9.17, 15) is 22.8 Å². The number of hydrogen-bond donors (Lipinski definition) is 2. The van der Waals surface area contributed by atoms with Crippen molar-refractivity contribution >= 4 is 29.1 Å². The van der Waals surface area contributed by atoms with Gasteiger partial charge in [-0.1, -0.05) is 11.6 Å². The lowest BCUT2D eigenvalue weighted by Crippen LogP contribution is -2.26. The first-order chi connectivity index (χ1) is 12.0. The number of aromatic nitrogens is 4. The summed E-state index contributed by atoms with van der Waals surface area (Å²) in [5, 5.41) is 9.18. The molecule has 1 unspecified atom stereocenters. The number of alkyl halides is 3. The number of carbonyl (C=O) groups excluding carboxylic acids is 2. The first kappa shape index (κ1) is 19.8. The third kappa shape index (κ3) is 3.66.